The van der Waals surface area contributed by atoms with Gasteiger partial charge in [0.2, 0.25) is 0 Å². The molecule has 1 saturated heterocycles. The minimum absolute atomic E-state index is 0.0221. The summed E-state index contributed by atoms with van der Waals surface area (Å²) in [5.74, 6) is -0.0221. The van der Waals surface area contributed by atoms with Crippen molar-refractivity contribution in [3.8, 4) is 23.3 Å². The van der Waals surface area contributed by atoms with Gasteiger partial charge in [0.15, 0.2) is 0 Å². The lowest BCUT2D eigenvalue weighted by atomic mass is 9.96. The fourth-order valence-corrected chi connectivity index (χ4v) is 3.28. The topological polar surface area (TPSA) is 113 Å². The molecule has 0 atom stereocenters. The second-order valence-electron chi connectivity index (χ2n) is 6.41. The maximum absolute atomic E-state index is 12.0. The van der Waals surface area contributed by atoms with Crippen LogP contribution < -0.4 is 16.2 Å². The van der Waals surface area contributed by atoms with E-state index < -0.39 is 5.56 Å². The third-order valence-corrected chi connectivity index (χ3v) is 4.71. The molecule has 0 aliphatic carbocycles. The van der Waals surface area contributed by atoms with Crippen LogP contribution in [0.25, 0.3) is 11.1 Å². The second kappa shape index (κ2) is 7.30. The molecule has 1 aromatic heterocycles. The number of nitrogens with zero attached hydrogens (tertiary/aromatic N) is 4. The first-order valence-corrected chi connectivity index (χ1v) is 8.45. The Morgan fingerprint density at radius 2 is 1.73 bits per heavy atom. The van der Waals surface area contributed by atoms with Crippen molar-refractivity contribution in [3.05, 3.63) is 45.7 Å². The number of nitrogen functional groups attached to an aromatic ring is 1. The minimum atomic E-state index is -0.585. The van der Waals surface area contributed by atoms with Gasteiger partial charge in [0, 0.05) is 30.9 Å². The lowest BCUT2D eigenvalue weighted by molar-refractivity contribution is 0.360. The molecule has 1 aliphatic heterocycles. The van der Waals surface area contributed by atoms with Crippen LogP contribution in [-0.4, -0.2) is 43.1 Å². The van der Waals surface area contributed by atoms with Crippen molar-refractivity contribution < 1.29 is 0 Å². The number of anilines is 2. The molecular weight excluding hydrogens is 328 g/mol. The first kappa shape index (κ1) is 17.5. The van der Waals surface area contributed by atoms with Crippen molar-refractivity contribution in [1.29, 1.82) is 10.5 Å². The van der Waals surface area contributed by atoms with Crippen LogP contribution in [0.5, 0.6) is 0 Å². The molecule has 1 fully saturated rings. The van der Waals surface area contributed by atoms with Gasteiger partial charge in [0.05, 0.1) is 0 Å². The molecule has 1 aromatic carbocycles. The fourth-order valence-electron chi connectivity index (χ4n) is 3.28. The predicted molar refractivity (Wildman–Crippen MR) is 101 cm³/mol. The molecule has 0 amide bonds. The Balaban J connectivity index is 2.01. The zero-order valence-electron chi connectivity index (χ0n) is 14.6. The number of H-pyrrole nitrogens is 1. The second-order valence-corrected chi connectivity index (χ2v) is 6.41. The molecule has 2 aromatic rings. The van der Waals surface area contributed by atoms with E-state index in [1.54, 1.807) is 0 Å². The smallest absolute Gasteiger partial charge is 0.268 e. The Labute approximate surface area is 151 Å². The highest BCUT2D eigenvalue weighted by Crippen LogP contribution is 2.29. The number of nitrogens with two attached hydrogens (primary N) is 1. The minimum Gasteiger partial charge on any atom is -0.384 e. The molecule has 0 saturated carbocycles. The number of likely N-dealkylation sites (N-methyl/N-ethyl adjacent to an activating group) is 1. The van der Waals surface area contributed by atoms with Crippen molar-refractivity contribution in [3.63, 3.8) is 0 Å². The van der Waals surface area contributed by atoms with Crippen molar-refractivity contribution in [2.24, 2.45) is 0 Å². The molecule has 0 spiro atoms. The number of nitrogens with one attached hydrogen (secondary N) is 1. The van der Waals surface area contributed by atoms with Crippen LogP contribution in [0, 0.1) is 22.7 Å². The highest BCUT2D eigenvalue weighted by Gasteiger charge is 2.19. The van der Waals surface area contributed by atoms with Crippen LogP contribution in [0.3, 0.4) is 0 Å². The normalized spacial score (nSPS) is 15.1. The van der Waals surface area contributed by atoms with Crippen LogP contribution in [-0.2, 0) is 0 Å². The standard InChI is InChI=1S/C19H20N6O/c1-24-7-2-8-25(10-9-24)14-5-3-13(4-6-14)17-15(11-20)18(22)23-19(26)16(17)12-21/h3-6H,2,7-10H2,1H3,(H3,22,23,26). The van der Waals surface area contributed by atoms with Gasteiger partial charge in [0.1, 0.15) is 29.1 Å². The van der Waals surface area contributed by atoms with Gasteiger partial charge in [-0.3, -0.25) is 4.79 Å². The summed E-state index contributed by atoms with van der Waals surface area (Å²) < 4.78 is 0. The van der Waals surface area contributed by atoms with Gasteiger partial charge in [-0.2, -0.15) is 10.5 Å². The van der Waals surface area contributed by atoms with E-state index in [9.17, 15) is 15.3 Å². The third-order valence-electron chi connectivity index (χ3n) is 4.71. The molecular formula is C19H20N6O. The van der Waals surface area contributed by atoms with E-state index in [-0.39, 0.29) is 16.9 Å². The monoisotopic (exact) mass is 348 g/mol. The van der Waals surface area contributed by atoms with Crippen LogP contribution >= 0.6 is 0 Å². The van der Waals surface area contributed by atoms with E-state index in [4.69, 9.17) is 5.73 Å². The number of hydrogen-bond donors (Lipinski definition) is 2. The Morgan fingerprint density at radius 3 is 2.38 bits per heavy atom. The maximum atomic E-state index is 12.0. The highest BCUT2D eigenvalue weighted by atomic mass is 16.1. The molecule has 0 unspecified atom stereocenters. The maximum Gasteiger partial charge on any atom is 0.268 e. The van der Waals surface area contributed by atoms with Gasteiger partial charge in [0.25, 0.3) is 5.56 Å². The molecule has 0 bridgehead atoms. The van der Waals surface area contributed by atoms with E-state index in [1.165, 1.54) is 0 Å². The van der Waals surface area contributed by atoms with Crippen molar-refractivity contribution in [2.75, 3.05) is 43.9 Å². The van der Waals surface area contributed by atoms with Crippen LogP contribution in [0.4, 0.5) is 11.5 Å². The first-order chi connectivity index (χ1) is 12.5. The van der Waals surface area contributed by atoms with Crippen molar-refractivity contribution in [1.82, 2.24) is 9.88 Å². The largest absolute Gasteiger partial charge is 0.384 e. The van der Waals surface area contributed by atoms with E-state index in [0.29, 0.717) is 11.1 Å². The van der Waals surface area contributed by atoms with Gasteiger partial charge in [-0.15, -0.1) is 0 Å². The average molecular weight is 348 g/mol. The first-order valence-electron chi connectivity index (χ1n) is 8.45. The summed E-state index contributed by atoms with van der Waals surface area (Å²) in [5.41, 5.74) is 7.21. The van der Waals surface area contributed by atoms with Gasteiger partial charge in [-0.25, -0.2) is 0 Å². The zero-order chi connectivity index (χ0) is 18.7. The Morgan fingerprint density at radius 1 is 1.04 bits per heavy atom. The molecule has 0 radical (unpaired) electrons. The summed E-state index contributed by atoms with van der Waals surface area (Å²) >= 11 is 0. The predicted octanol–water partition coefficient (Wildman–Crippen LogP) is 1.51. The Hall–Kier alpha value is -3.29. The number of rotatable bonds is 2. The van der Waals surface area contributed by atoms with Gasteiger partial charge in [-0.1, -0.05) is 12.1 Å². The van der Waals surface area contributed by atoms with E-state index in [0.717, 1.165) is 38.3 Å². The van der Waals surface area contributed by atoms with Crippen LogP contribution in [0.15, 0.2) is 29.1 Å². The third kappa shape index (κ3) is 3.26. The Bertz CT molecular complexity index is 948. The van der Waals surface area contributed by atoms with Crippen molar-refractivity contribution >= 4 is 11.5 Å². The quantitative estimate of drug-likeness (QED) is 0.850. The summed E-state index contributed by atoms with van der Waals surface area (Å²) in [4.78, 5) is 19.0. The molecule has 3 N–H and O–H groups in total. The summed E-state index contributed by atoms with van der Waals surface area (Å²) in [6.07, 6.45) is 1.10. The van der Waals surface area contributed by atoms with Crippen LogP contribution in [0.1, 0.15) is 17.5 Å². The molecule has 7 heteroatoms. The van der Waals surface area contributed by atoms with Gasteiger partial charge < -0.3 is 20.5 Å². The number of aromatic nitrogens is 1. The lowest BCUT2D eigenvalue weighted by Gasteiger charge is -2.23. The Kier molecular flexibility index (Phi) is 4.92. The molecule has 1 aliphatic rings. The number of hydrogen-bond acceptors (Lipinski definition) is 6. The average Bonchev–Trinajstić information content (AvgIpc) is 2.86. The molecule has 7 nitrogen and oxygen atoms in total. The number of benzene rings is 1. The molecule has 26 heavy (non-hydrogen) atoms. The SMILES string of the molecule is CN1CCCN(c2ccc(-c3c(C#N)c(N)[nH]c(=O)c3C#N)cc2)CC1. The fraction of sp³-hybridized carbons (Fsp3) is 0.316. The molecule has 132 valence electrons. The van der Waals surface area contributed by atoms with E-state index in [1.807, 2.05) is 36.4 Å². The lowest BCUT2D eigenvalue weighted by Crippen LogP contribution is -2.28. The van der Waals surface area contributed by atoms with Gasteiger partial charge in [-0.05, 0) is 37.7 Å². The number of pyridine rings is 1. The summed E-state index contributed by atoms with van der Waals surface area (Å²) in [6, 6.07) is 11.5. The van der Waals surface area contributed by atoms with E-state index >= 15 is 0 Å². The van der Waals surface area contributed by atoms with Gasteiger partial charge >= 0.3 is 0 Å². The zero-order valence-corrected chi connectivity index (χ0v) is 14.6. The molecule has 3 rings (SSSR count). The summed E-state index contributed by atoms with van der Waals surface area (Å²) in [5, 5.41) is 18.8. The number of nitriles is 2. The highest BCUT2D eigenvalue weighted by molar-refractivity contribution is 5.80. The van der Waals surface area contributed by atoms with Crippen LogP contribution in [0.2, 0.25) is 0 Å². The summed E-state index contributed by atoms with van der Waals surface area (Å²) in [6.45, 7) is 4.01. The van der Waals surface area contributed by atoms with E-state index in [2.05, 4.69) is 21.8 Å². The van der Waals surface area contributed by atoms with Crippen molar-refractivity contribution in [2.45, 2.75) is 6.42 Å². The summed E-state index contributed by atoms with van der Waals surface area (Å²) in [7, 11) is 2.12. The number of aromatic amines is 1. The molecule has 2 heterocycles.